The molecule has 0 atom stereocenters. The summed E-state index contributed by atoms with van der Waals surface area (Å²) in [6.07, 6.45) is 1.99. The molecule has 0 radical (unpaired) electrons. The van der Waals surface area contributed by atoms with Gasteiger partial charge in [-0.2, -0.15) is 0 Å². The summed E-state index contributed by atoms with van der Waals surface area (Å²) >= 11 is 0. The fourth-order valence-electron chi connectivity index (χ4n) is 2.78. The van der Waals surface area contributed by atoms with Crippen molar-refractivity contribution in [3.8, 4) is 5.75 Å². The van der Waals surface area contributed by atoms with Crippen LogP contribution >= 0.6 is 0 Å². The van der Waals surface area contributed by atoms with Crippen molar-refractivity contribution < 1.29 is 14.6 Å². The Kier molecular flexibility index (Phi) is 5.66. The van der Waals surface area contributed by atoms with Gasteiger partial charge in [0, 0.05) is 12.0 Å². The maximum atomic E-state index is 11.3. The highest BCUT2D eigenvalue weighted by Gasteiger charge is 2.28. The first-order chi connectivity index (χ1) is 9.99. The van der Waals surface area contributed by atoms with E-state index in [-0.39, 0.29) is 16.8 Å². The standard InChI is InChI=1S/C19H30O3/c1-13-11-14(18(2,3)4)17(21)15(12-13)19(5,6)10-8-9-16(20)22-7/h11-12,21H,8-10H2,1-7H3. The summed E-state index contributed by atoms with van der Waals surface area (Å²) in [5, 5.41) is 10.7. The SMILES string of the molecule is COC(=O)CCCC(C)(C)c1cc(C)cc(C(C)(C)C)c1O. The molecule has 1 N–H and O–H groups in total. The highest BCUT2D eigenvalue weighted by atomic mass is 16.5. The van der Waals surface area contributed by atoms with E-state index in [0.29, 0.717) is 12.2 Å². The first kappa shape index (κ1) is 18.5. The number of hydrogen-bond acceptors (Lipinski definition) is 3. The zero-order valence-electron chi connectivity index (χ0n) is 15.0. The van der Waals surface area contributed by atoms with Gasteiger partial charge in [0.15, 0.2) is 0 Å². The maximum Gasteiger partial charge on any atom is 0.305 e. The van der Waals surface area contributed by atoms with Gasteiger partial charge in [0.1, 0.15) is 5.75 Å². The summed E-state index contributed by atoms with van der Waals surface area (Å²) in [4.78, 5) is 11.3. The summed E-state index contributed by atoms with van der Waals surface area (Å²) in [5.74, 6) is 0.209. The number of benzene rings is 1. The second-order valence-electron chi connectivity index (χ2n) is 7.77. The minimum atomic E-state index is -0.190. The summed E-state index contributed by atoms with van der Waals surface area (Å²) in [7, 11) is 1.41. The summed E-state index contributed by atoms with van der Waals surface area (Å²) < 4.78 is 4.69. The lowest BCUT2D eigenvalue weighted by Crippen LogP contribution is -2.21. The second-order valence-corrected chi connectivity index (χ2v) is 7.77. The van der Waals surface area contributed by atoms with Crippen LogP contribution in [0.1, 0.15) is 70.6 Å². The van der Waals surface area contributed by atoms with Gasteiger partial charge >= 0.3 is 5.97 Å². The molecule has 0 spiro atoms. The largest absolute Gasteiger partial charge is 0.507 e. The quantitative estimate of drug-likeness (QED) is 0.807. The lowest BCUT2D eigenvalue weighted by molar-refractivity contribution is -0.140. The Balaban J connectivity index is 3.08. The zero-order chi connectivity index (χ0) is 17.1. The average molecular weight is 306 g/mol. The van der Waals surface area contributed by atoms with Crippen molar-refractivity contribution in [2.45, 2.75) is 71.6 Å². The molecule has 0 fully saturated rings. The van der Waals surface area contributed by atoms with Gasteiger partial charge in [0.2, 0.25) is 0 Å². The highest BCUT2D eigenvalue weighted by Crippen LogP contribution is 2.41. The number of methoxy groups -OCH3 is 1. The van der Waals surface area contributed by atoms with Gasteiger partial charge in [-0.1, -0.05) is 52.3 Å². The van der Waals surface area contributed by atoms with Crippen LogP contribution in [0.5, 0.6) is 5.75 Å². The van der Waals surface area contributed by atoms with Gasteiger partial charge in [-0.3, -0.25) is 4.79 Å². The van der Waals surface area contributed by atoms with E-state index in [9.17, 15) is 9.90 Å². The second kappa shape index (κ2) is 6.72. The number of carbonyl (C=O) groups is 1. The van der Waals surface area contributed by atoms with Crippen molar-refractivity contribution in [1.29, 1.82) is 0 Å². The van der Waals surface area contributed by atoms with E-state index < -0.39 is 0 Å². The van der Waals surface area contributed by atoms with Crippen molar-refractivity contribution in [2.75, 3.05) is 7.11 Å². The number of phenols is 1. The van der Waals surface area contributed by atoms with E-state index in [1.165, 1.54) is 7.11 Å². The molecule has 0 unspecified atom stereocenters. The molecule has 0 aliphatic rings. The third-order valence-electron chi connectivity index (χ3n) is 4.20. The number of ether oxygens (including phenoxy) is 1. The number of aryl methyl sites for hydroxylation is 1. The van der Waals surface area contributed by atoms with Gasteiger partial charge in [0.25, 0.3) is 0 Å². The molecule has 0 aliphatic heterocycles. The van der Waals surface area contributed by atoms with Crippen LogP contribution in [0.25, 0.3) is 0 Å². The van der Waals surface area contributed by atoms with E-state index in [1.54, 1.807) is 0 Å². The minimum Gasteiger partial charge on any atom is -0.507 e. The topological polar surface area (TPSA) is 46.5 Å². The molecule has 3 heteroatoms. The fraction of sp³-hybridized carbons (Fsp3) is 0.632. The third-order valence-corrected chi connectivity index (χ3v) is 4.20. The summed E-state index contributed by atoms with van der Waals surface area (Å²) in [6, 6.07) is 4.12. The Labute approximate surface area is 134 Å². The van der Waals surface area contributed by atoms with Gasteiger partial charge in [0.05, 0.1) is 7.11 Å². The molecule has 0 saturated heterocycles. The molecule has 1 rings (SSSR count). The van der Waals surface area contributed by atoms with Gasteiger partial charge in [-0.25, -0.2) is 0 Å². The van der Waals surface area contributed by atoms with Gasteiger partial charge in [-0.05, 0) is 36.2 Å². The van der Waals surface area contributed by atoms with Crippen molar-refractivity contribution in [3.63, 3.8) is 0 Å². The Morgan fingerprint density at radius 2 is 1.68 bits per heavy atom. The molecule has 1 aromatic carbocycles. The predicted octanol–water partition coefficient (Wildman–Crippen LogP) is 4.62. The molecule has 124 valence electrons. The number of hydrogen-bond donors (Lipinski definition) is 1. The number of aromatic hydroxyl groups is 1. The van der Waals surface area contributed by atoms with E-state index in [1.807, 2.05) is 0 Å². The molecule has 0 heterocycles. The normalized spacial score (nSPS) is 12.3. The smallest absolute Gasteiger partial charge is 0.305 e. The first-order valence-electron chi connectivity index (χ1n) is 7.90. The molecular formula is C19H30O3. The molecule has 0 aromatic heterocycles. The van der Waals surface area contributed by atoms with Crippen molar-refractivity contribution in [1.82, 2.24) is 0 Å². The van der Waals surface area contributed by atoms with Crippen LogP contribution in [0.3, 0.4) is 0 Å². The summed E-state index contributed by atoms with van der Waals surface area (Å²) in [5.41, 5.74) is 2.79. The van der Waals surface area contributed by atoms with Crippen LogP contribution in [0.15, 0.2) is 12.1 Å². The molecule has 22 heavy (non-hydrogen) atoms. The molecule has 0 saturated carbocycles. The van der Waals surface area contributed by atoms with Gasteiger partial charge < -0.3 is 9.84 Å². The number of esters is 1. The molecular weight excluding hydrogens is 276 g/mol. The van der Waals surface area contributed by atoms with Gasteiger partial charge in [-0.15, -0.1) is 0 Å². The average Bonchev–Trinajstić information content (AvgIpc) is 2.39. The van der Waals surface area contributed by atoms with Crippen LogP contribution in [0.4, 0.5) is 0 Å². The molecule has 0 aliphatic carbocycles. The number of phenolic OH excluding ortho intramolecular Hbond substituents is 1. The molecule has 3 nitrogen and oxygen atoms in total. The minimum absolute atomic E-state index is 0.104. The Hall–Kier alpha value is -1.51. The lowest BCUT2D eigenvalue weighted by Gasteiger charge is -2.30. The van der Waals surface area contributed by atoms with Crippen LogP contribution in [-0.2, 0) is 20.4 Å². The van der Waals surface area contributed by atoms with Crippen molar-refractivity contribution >= 4 is 5.97 Å². The Morgan fingerprint density at radius 3 is 2.18 bits per heavy atom. The fourth-order valence-corrected chi connectivity index (χ4v) is 2.78. The third kappa shape index (κ3) is 4.49. The van der Waals surface area contributed by atoms with Crippen LogP contribution in [0.2, 0.25) is 0 Å². The first-order valence-corrected chi connectivity index (χ1v) is 7.90. The number of rotatable bonds is 5. The molecule has 1 aromatic rings. The van der Waals surface area contributed by atoms with E-state index in [2.05, 4.69) is 58.4 Å². The van der Waals surface area contributed by atoms with Crippen LogP contribution in [0, 0.1) is 6.92 Å². The molecule has 0 bridgehead atoms. The Morgan fingerprint density at radius 1 is 1.14 bits per heavy atom. The molecule has 0 amide bonds. The van der Waals surface area contributed by atoms with Crippen molar-refractivity contribution in [2.24, 2.45) is 0 Å². The predicted molar refractivity (Wildman–Crippen MR) is 90.4 cm³/mol. The lowest BCUT2D eigenvalue weighted by atomic mass is 9.75. The van der Waals surface area contributed by atoms with Crippen LogP contribution < -0.4 is 0 Å². The zero-order valence-corrected chi connectivity index (χ0v) is 15.0. The summed E-state index contributed by atoms with van der Waals surface area (Å²) in [6.45, 7) is 12.6. The monoisotopic (exact) mass is 306 g/mol. The maximum absolute atomic E-state index is 11.3. The van der Waals surface area contributed by atoms with E-state index in [4.69, 9.17) is 0 Å². The van der Waals surface area contributed by atoms with E-state index >= 15 is 0 Å². The number of carbonyl (C=O) groups excluding carboxylic acids is 1. The Bertz CT molecular complexity index is 536. The van der Waals surface area contributed by atoms with Crippen LogP contribution in [-0.4, -0.2) is 18.2 Å². The van der Waals surface area contributed by atoms with Crippen molar-refractivity contribution in [3.05, 3.63) is 28.8 Å². The van der Waals surface area contributed by atoms with E-state index in [0.717, 1.165) is 29.5 Å². The highest BCUT2D eigenvalue weighted by molar-refractivity contribution is 5.69.